The van der Waals surface area contributed by atoms with E-state index in [1.807, 2.05) is 38.1 Å². The third-order valence-corrected chi connectivity index (χ3v) is 4.12. The summed E-state index contributed by atoms with van der Waals surface area (Å²) < 4.78 is 16.5. The van der Waals surface area contributed by atoms with E-state index in [4.69, 9.17) is 19.7 Å². The van der Waals surface area contributed by atoms with Crippen LogP contribution in [0.5, 0.6) is 11.5 Å². The summed E-state index contributed by atoms with van der Waals surface area (Å²) in [5, 5.41) is 4.00. The monoisotopic (exact) mass is 329 g/mol. The Morgan fingerprint density at radius 1 is 1.17 bits per heavy atom. The maximum absolute atomic E-state index is 6.20. The van der Waals surface area contributed by atoms with Crippen molar-refractivity contribution in [2.24, 2.45) is 5.73 Å². The van der Waals surface area contributed by atoms with E-state index in [2.05, 4.69) is 10.1 Å². The second-order valence-electron chi connectivity index (χ2n) is 5.87. The van der Waals surface area contributed by atoms with Crippen molar-refractivity contribution in [2.75, 3.05) is 13.2 Å². The zero-order valence-corrected chi connectivity index (χ0v) is 14.1. The fourth-order valence-corrected chi connectivity index (χ4v) is 2.63. The van der Waals surface area contributed by atoms with Crippen LogP contribution in [0.3, 0.4) is 0 Å². The average Bonchev–Trinajstić information content (AvgIpc) is 3.02. The van der Waals surface area contributed by atoms with Crippen molar-refractivity contribution < 1.29 is 14.0 Å². The Balaban J connectivity index is 1.75. The van der Waals surface area contributed by atoms with Crippen molar-refractivity contribution in [3.8, 4) is 11.5 Å². The van der Waals surface area contributed by atoms with Crippen LogP contribution in [0.15, 0.2) is 22.7 Å². The number of ether oxygens (including phenoxy) is 2. The number of hydrogen-bond acceptors (Lipinski definition) is 6. The Hall–Kier alpha value is -2.34. The molecule has 3 rings (SSSR count). The fraction of sp³-hybridized carbons (Fsp3) is 0.444. The van der Waals surface area contributed by atoms with E-state index in [1.165, 1.54) is 0 Å². The second kappa shape index (κ2) is 7.05. The zero-order valence-electron chi connectivity index (χ0n) is 14.1. The normalized spacial score (nSPS) is 16.1. The van der Waals surface area contributed by atoms with Gasteiger partial charge in [-0.2, -0.15) is 4.98 Å². The summed E-state index contributed by atoms with van der Waals surface area (Å²) in [4.78, 5) is 4.38. The Bertz CT molecular complexity index is 720. The molecule has 2 aromatic rings. The van der Waals surface area contributed by atoms with Gasteiger partial charge in [0.05, 0.1) is 18.8 Å². The van der Waals surface area contributed by atoms with Crippen LogP contribution in [0.1, 0.15) is 50.4 Å². The Morgan fingerprint density at radius 3 is 2.58 bits per heavy atom. The third kappa shape index (κ3) is 3.43. The summed E-state index contributed by atoms with van der Waals surface area (Å²) >= 11 is 0. The smallest absolute Gasteiger partial charge is 0.250 e. The van der Waals surface area contributed by atoms with Gasteiger partial charge in [0.15, 0.2) is 17.3 Å². The van der Waals surface area contributed by atoms with Gasteiger partial charge in [-0.05, 0) is 56.9 Å². The first-order valence-electron chi connectivity index (χ1n) is 8.35. The highest BCUT2D eigenvalue weighted by molar-refractivity contribution is 5.67. The molecular formula is C18H23N3O3. The number of aromatic nitrogens is 2. The summed E-state index contributed by atoms with van der Waals surface area (Å²) in [6.45, 7) is 5.07. The van der Waals surface area contributed by atoms with Crippen LogP contribution in [-0.2, 0) is 5.54 Å². The Morgan fingerprint density at radius 2 is 1.92 bits per heavy atom. The van der Waals surface area contributed by atoms with E-state index in [0.29, 0.717) is 24.9 Å². The molecule has 6 nitrogen and oxygen atoms in total. The van der Waals surface area contributed by atoms with Crippen LogP contribution < -0.4 is 15.2 Å². The van der Waals surface area contributed by atoms with Crippen molar-refractivity contribution in [3.05, 3.63) is 35.5 Å². The molecule has 1 aromatic heterocycles. The highest BCUT2D eigenvalue weighted by Crippen LogP contribution is 2.37. The molecule has 2 N–H and O–H groups in total. The second-order valence-corrected chi connectivity index (χ2v) is 5.87. The van der Waals surface area contributed by atoms with Crippen molar-refractivity contribution in [3.63, 3.8) is 0 Å². The van der Waals surface area contributed by atoms with E-state index in [-0.39, 0.29) is 0 Å². The number of nitrogens with two attached hydrogens (primary N) is 1. The molecule has 0 bridgehead atoms. The van der Waals surface area contributed by atoms with Crippen LogP contribution in [0, 0.1) is 0 Å². The van der Waals surface area contributed by atoms with Gasteiger partial charge in [0.25, 0.3) is 5.89 Å². The van der Waals surface area contributed by atoms with Crippen molar-refractivity contribution in [1.82, 2.24) is 10.1 Å². The lowest BCUT2D eigenvalue weighted by Gasteiger charge is -2.34. The van der Waals surface area contributed by atoms with Crippen molar-refractivity contribution in [2.45, 2.75) is 38.6 Å². The molecule has 1 aliphatic rings. The Kier molecular flexibility index (Phi) is 4.85. The van der Waals surface area contributed by atoms with Gasteiger partial charge in [-0.15, -0.1) is 0 Å². The summed E-state index contributed by atoms with van der Waals surface area (Å²) in [5.74, 6) is 2.51. The van der Waals surface area contributed by atoms with Gasteiger partial charge >= 0.3 is 0 Å². The van der Waals surface area contributed by atoms with Gasteiger partial charge in [0.2, 0.25) is 0 Å². The molecule has 24 heavy (non-hydrogen) atoms. The predicted octanol–water partition coefficient (Wildman–Crippen LogP) is 3.38. The standard InChI is InChI=1S/C18H23N3O3/c1-3-22-14-8-6-13(12-15(14)23-4-2)7-9-16-20-17(21-24-16)18(19)10-5-11-18/h6-9,12H,3-5,10-11,19H2,1-2H3/b9-7+. The van der Waals surface area contributed by atoms with Crippen molar-refractivity contribution in [1.29, 1.82) is 0 Å². The minimum Gasteiger partial charge on any atom is -0.490 e. The maximum atomic E-state index is 6.20. The average molecular weight is 329 g/mol. The van der Waals surface area contributed by atoms with Crippen LogP contribution in [0.2, 0.25) is 0 Å². The lowest BCUT2D eigenvalue weighted by molar-refractivity contribution is 0.229. The number of nitrogens with zero attached hydrogens (tertiary/aromatic N) is 2. The largest absolute Gasteiger partial charge is 0.490 e. The zero-order chi connectivity index (χ0) is 17.0. The Labute approximate surface area is 141 Å². The van der Waals surface area contributed by atoms with Crippen LogP contribution in [0.4, 0.5) is 0 Å². The molecule has 0 atom stereocenters. The quantitative estimate of drug-likeness (QED) is 0.838. The van der Waals surface area contributed by atoms with Gasteiger partial charge < -0.3 is 19.7 Å². The minimum absolute atomic E-state index is 0.406. The van der Waals surface area contributed by atoms with Gasteiger partial charge in [-0.3, -0.25) is 0 Å². The van der Waals surface area contributed by atoms with E-state index >= 15 is 0 Å². The highest BCUT2D eigenvalue weighted by atomic mass is 16.5. The van der Waals surface area contributed by atoms with Gasteiger partial charge in [-0.1, -0.05) is 11.2 Å². The number of hydrogen-bond donors (Lipinski definition) is 1. The fourth-order valence-electron chi connectivity index (χ4n) is 2.63. The molecule has 0 spiro atoms. The topological polar surface area (TPSA) is 83.4 Å². The summed E-state index contributed by atoms with van der Waals surface area (Å²) in [6, 6.07) is 5.78. The lowest BCUT2D eigenvalue weighted by atomic mass is 9.77. The molecule has 1 saturated carbocycles. The van der Waals surface area contributed by atoms with Gasteiger partial charge in [0, 0.05) is 6.08 Å². The molecule has 0 radical (unpaired) electrons. The summed E-state index contributed by atoms with van der Waals surface area (Å²) in [6.07, 6.45) is 6.62. The molecule has 1 fully saturated rings. The summed E-state index contributed by atoms with van der Waals surface area (Å²) in [5.41, 5.74) is 6.76. The molecule has 0 unspecified atom stereocenters. The first-order chi connectivity index (χ1) is 11.6. The van der Waals surface area contributed by atoms with Gasteiger partial charge in [-0.25, -0.2) is 0 Å². The molecule has 1 aliphatic carbocycles. The van der Waals surface area contributed by atoms with E-state index in [1.54, 1.807) is 6.08 Å². The minimum atomic E-state index is -0.406. The molecule has 1 aromatic carbocycles. The lowest BCUT2D eigenvalue weighted by Crippen LogP contribution is -2.44. The SMILES string of the molecule is CCOc1ccc(/C=C/c2nc(C3(N)CCC3)no2)cc1OCC. The van der Waals surface area contributed by atoms with E-state index in [9.17, 15) is 0 Å². The van der Waals surface area contributed by atoms with Crippen LogP contribution >= 0.6 is 0 Å². The van der Waals surface area contributed by atoms with E-state index in [0.717, 1.165) is 36.3 Å². The maximum Gasteiger partial charge on any atom is 0.250 e. The molecule has 0 amide bonds. The molecular weight excluding hydrogens is 306 g/mol. The third-order valence-electron chi connectivity index (χ3n) is 4.12. The highest BCUT2D eigenvalue weighted by Gasteiger charge is 2.38. The molecule has 1 heterocycles. The van der Waals surface area contributed by atoms with Gasteiger partial charge in [0.1, 0.15) is 0 Å². The first kappa shape index (κ1) is 16.5. The van der Waals surface area contributed by atoms with E-state index < -0.39 is 5.54 Å². The van der Waals surface area contributed by atoms with Crippen LogP contribution in [-0.4, -0.2) is 23.4 Å². The number of rotatable bonds is 7. The predicted molar refractivity (Wildman–Crippen MR) is 91.7 cm³/mol. The molecule has 0 aliphatic heterocycles. The summed E-state index contributed by atoms with van der Waals surface area (Å²) in [7, 11) is 0. The van der Waals surface area contributed by atoms with Crippen LogP contribution in [0.25, 0.3) is 12.2 Å². The van der Waals surface area contributed by atoms with Crippen molar-refractivity contribution >= 4 is 12.2 Å². The molecule has 0 saturated heterocycles. The molecule has 6 heteroatoms. The molecule has 128 valence electrons. The first-order valence-corrected chi connectivity index (χ1v) is 8.35. The number of benzene rings is 1.